The zero-order valence-corrected chi connectivity index (χ0v) is 9.91. The summed E-state index contributed by atoms with van der Waals surface area (Å²) in [6, 6.07) is 7.93. The maximum atomic E-state index is 12.0. The van der Waals surface area contributed by atoms with Crippen molar-refractivity contribution in [2.24, 2.45) is 5.73 Å². The number of hydrogen-bond acceptors (Lipinski definition) is 3. The molecule has 0 radical (unpaired) electrons. The molecule has 1 amide bonds. The van der Waals surface area contributed by atoms with E-state index in [0.717, 1.165) is 0 Å². The minimum atomic E-state index is -3.60. The van der Waals surface area contributed by atoms with Gasteiger partial charge >= 0.3 is 0 Å². The molecule has 0 aliphatic rings. The Labute approximate surface area is 94.7 Å². The van der Waals surface area contributed by atoms with Crippen LogP contribution in [-0.4, -0.2) is 14.3 Å². The number of sulfone groups is 1. The zero-order valence-electron chi connectivity index (χ0n) is 9.10. The number of benzene rings is 1. The van der Waals surface area contributed by atoms with E-state index in [4.69, 9.17) is 5.73 Å². The molecule has 1 aromatic carbocycles. The van der Waals surface area contributed by atoms with Crippen LogP contribution >= 0.6 is 0 Å². The van der Waals surface area contributed by atoms with Gasteiger partial charge in [-0.05, 0) is 26.0 Å². The Morgan fingerprint density at radius 2 is 1.62 bits per heavy atom. The second-order valence-corrected chi connectivity index (χ2v) is 5.45. The number of carbonyl (C=O) groups is 1. The fourth-order valence-electron chi connectivity index (χ4n) is 1.15. The van der Waals surface area contributed by atoms with Crippen LogP contribution in [0, 0.1) is 0 Å². The third kappa shape index (κ3) is 2.30. The predicted molar refractivity (Wildman–Crippen MR) is 61.2 cm³/mol. The molecule has 0 heterocycles. The predicted octanol–water partition coefficient (Wildman–Crippen LogP) is 1.24. The number of nitrogens with two attached hydrogens (primary N) is 1. The lowest BCUT2D eigenvalue weighted by atomic mass is 10.3. The summed E-state index contributed by atoms with van der Waals surface area (Å²) in [5.41, 5.74) is 5.11. The van der Waals surface area contributed by atoms with Crippen LogP contribution in [0.5, 0.6) is 0 Å². The molecular formula is C11H13NO3S. The van der Waals surface area contributed by atoms with Gasteiger partial charge in [-0.15, -0.1) is 0 Å². The van der Waals surface area contributed by atoms with E-state index in [1.54, 1.807) is 18.2 Å². The zero-order chi connectivity index (χ0) is 12.3. The molecule has 0 saturated heterocycles. The molecule has 0 atom stereocenters. The van der Waals surface area contributed by atoms with Crippen LogP contribution in [0.2, 0.25) is 0 Å². The van der Waals surface area contributed by atoms with Gasteiger partial charge in [0, 0.05) is 5.57 Å². The third-order valence-corrected chi connectivity index (χ3v) is 4.36. The topological polar surface area (TPSA) is 77.2 Å². The van der Waals surface area contributed by atoms with E-state index in [0.29, 0.717) is 0 Å². The number of hydrogen-bond donors (Lipinski definition) is 1. The molecule has 0 bridgehead atoms. The second-order valence-electron chi connectivity index (χ2n) is 3.36. The van der Waals surface area contributed by atoms with E-state index < -0.39 is 15.7 Å². The molecule has 5 heteroatoms. The maximum absolute atomic E-state index is 12.0. The van der Waals surface area contributed by atoms with Gasteiger partial charge in [-0.3, -0.25) is 4.79 Å². The molecule has 0 unspecified atom stereocenters. The van der Waals surface area contributed by atoms with Gasteiger partial charge in [0.15, 0.2) is 0 Å². The lowest BCUT2D eigenvalue weighted by Crippen LogP contribution is -2.16. The highest BCUT2D eigenvalue weighted by Gasteiger charge is 2.20. The van der Waals surface area contributed by atoms with Gasteiger partial charge in [0.2, 0.25) is 15.7 Å². The van der Waals surface area contributed by atoms with Crippen molar-refractivity contribution >= 4 is 15.7 Å². The molecule has 1 aromatic rings. The van der Waals surface area contributed by atoms with E-state index in [2.05, 4.69) is 0 Å². The Kier molecular flexibility index (Phi) is 3.49. The average molecular weight is 239 g/mol. The van der Waals surface area contributed by atoms with Crippen molar-refractivity contribution in [1.82, 2.24) is 0 Å². The largest absolute Gasteiger partial charge is 0.366 e. The van der Waals surface area contributed by atoms with E-state index in [1.807, 2.05) is 0 Å². The standard InChI is InChI=1S/C11H13NO3S/c1-8(11(12)13)9(2)16(14,15)10-6-4-3-5-7-10/h3-7H,1-2H3,(H2,12,13). The van der Waals surface area contributed by atoms with Crippen LogP contribution in [0.4, 0.5) is 0 Å². The highest BCUT2D eigenvalue weighted by atomic mass is 32.2. The maximum Gasteiger partial charge on any atom is 0.245 e. The first-order valence-corrected chi connectivity index (χ1v) is 6.13. The summed E-state index contributed by atoms with van der Waals surface area (Å²) < 4.78 is 24.0. The van der Waals surface area contributed by atoms with Crippen molar-refractivity contribution in [2.75, 3.05) is 0 Å². The molecule has 0 aliphatic heterocycles. The van der Waals surface area contributed by atoms with Crippen LogP contribution < -0.4 is 5.73 Å². The molecule has 86 valence electrons. The van der Waals surface area contributed by atoms with E-state index in [9.17, 15) is 13.2 Å². The average Bonchev–Trinajstić information content (AvgIpc) is 2.28. The minimum absolute atomic E-state index is 0.00815. The summed E-state index contributed by atoms with van der Waals surface area (Å²) in [5, 5.41) is 0. The van der Waals surface area contributed by atoms with Gasteiger partial charge in [-0.1, -0.05) is 18.2 Å². The van der Waals surface area contributed by atoms with Crippen molar-refractivity contribution in [3.8, 4) is 0 Å². The van der Waals surface area contributed by atoms with Crippen molar-refractivity contribution in [2.45, 2.75) is 18.7 Å². The first-order chi connectivity index (χ1) is 7.37. The van der Waals surface area contributed by atoms with Crippen molar-refractivity contribution in [1.29, 1.82) is 0 Å². The van der Waals surface area contributed by atoms with Gasteiger partial charge in [0.1, 0.15) is 0 Å². The Balaban J connectivity index is 3.35. The molecule has 0 aromatic heterocycles. The smallest absolute Gasteiger partial charge is 0.245 e. The summed E-state index contributed by atoms with van der Waals surface area (Å²) in [6.45, 7) is 2.78. The number of carbonyl (C=O) groups excluding carboxylic acids is 1. The number of rotatable bonds is 3. The summed E-state index contributed by atoms with van der Waals surface area (Å²) >= 11 is 0. The lowest BCUT2D eigenvalue weighted by Gasteiger charge is -2.06. The number of amides is 1. The van der Waals surface area contributed by atoms with E-state index in [1.165, 1.54) is 26.0 Å². The molecular weight excluding hydrogens is 226 g/mol. The monoisotopic (exact) mass is 239 g/mol. The van der Waals surface area contributed by atoms with Crippen LogP contribution in [0.15, 0.2) is 45.7 Å². The summed E-state index contributed by atoms with van der Waals surface area (Å²) in [4.78, 5) is 11.1. The van der Waals surface area contributed by atoms with Gasteiger partial charge < -0.3 is 5.73 Å². The molecule has 1 rings (SSSR count). The van der Waals surface area contributed by atoms with Crippen LogP contribution in [0.3, 0.4) is 0 Å². The molecule has 0 saturated carbocycles. The normalized spacial score (nSPS) is 13.1. The molecule has 16 heavy (non-hydrogen) atoms. The van der Waals surface area contributed by atoms with E-state index >= 15 is 0 Å². The van der Waals surface area contributed by atoms with E-state index in [-0.39, 0.29) is 15.4 Å². The summed E-state index contributed by atoms with van der Waals surface area (Å²) in [7, 11) is -3.60. The summed E-state index contributed by atoms with van der Waals surface area (Å²) in [5.74, 6) is -0.725. The van der Waals surface area contributed by atoms with Gasteiger partial charge in [0.05, 0.1) is 9.80 Å². The Hall–Kier alpha value is -1.62. The van der Waals surface area contributed by atoms with Crippen LogP contribution in [0.1, 0.15) is 13.8 Å². The van der Waals surface area contributed by atoms with Gasteiger partial charge in [-0.25, -0.2) is 8.42 Å². The molecule has 0 spiro atoms. The summed E-state index contributed by atoms with van der Waals surface area (Å²) in [6.07, 6.45) is 0. The van der Waals surface area contributed by atoms with Crippen LogP contribution in [-0.2, 0) is 14.6 Å². The second kappa shape index (κ2) is 4.49. The van der Waals surface area contributed by atoms with Crippen molar-refractivity contribution in [3.63, 3.8) is 0 Å². The van der Waals surface area contributed by atoms with Gasteiger partial charge in [0.25, 0.3) is 0 Å². The number of primary amides is 1. The van der Waals surface area contributed by atoms with Crippen molar-refractivity contribution in [3.05, 3.63) is 40.8 Å². The third-order valence-electron chi connectivity index (χ3n) is 2.35. The molecule has 0 fully saturated rings. The molecule has 4 nitrogen and oxygen atoms in total. The molecule has 2 N–H and O–H groups in total. The van der Waals surface area contributed by atoms with Crippen molar-refractivity contribution < 1.29 is 13.2 Å². The SMILES string of the molecule is CC(C(N)=O)=C(C)S(=O)(=O)c1ccccc1. The highest BCUT2D eigenvalue weighted by molar-refractivity contribution is 7.95. The minimum Gasteiger partial charge on any atom is -0.366 e. The number of allylic oxidation sites excluding steroid dienone is 1. The fourth-order valence-corrected chi connectivity index (χ4v) is 2.52. The lowest BCUT2D eigenvalue weighted by molar-refractivity contribution is -0.114. The first kappa shape index (κ1) is 12.4. The quantitative estimate of drug-likeness (QED) is 0.806. The Morgan fingerprint density at radius 3 is 2.06 bits per heavy atom. The fraction of sp³-hybridized carbons (Fsp3) is 0.182. The first-order valence-electron chi connectivity index (χ1n) is 4.65. The van der Waals surface area contributed by atoms with Crippen LogP contribution in [0.25, 0.3) is 0 Å². The van der Waals surface area contributed by atoms with Gasteiger partial charge in [-0.2, -0.15) is 0 Å². The molecule has 0 aliphatic carbocycles. The Morgan fingerprint density at radius 1 is 1.12 bits per heavy atom. The Bertz CT molecular complexity index is 530. The highest BCUT2D eigenvalue weighted by Crippen LogP contribution is 2.20.